The van der Waals surface area contributed by atoms with Crippen molar-refractivity contribution in [1.82, 2.24) is 56.4 Å². The Morgan fingerprint density at radius 1 is 0.374 bits per heavy atom. The number of halogens is 3. The molecule has 608 valence electrons. The fourth-order valence-electron chi connectivity index (χ4n) is 16.7. The highest BCUT2D eigenvalue weighted by atomic mass is 35.5. The van der Waals surface area contributed by atoms with Crippen molar-refractivity contribution in [3.05, 3.63) is 249 Å². The smallest absolute Gasteiger partial charge is 0.251 e. The number of carbonyl (C=O) groups is 6. The van der Waals surface area contributed by atoms with Crippen molar-refractivity contribution >= 4 is 103 Å². The third-order valence-electron chi connectivity index (χ3n) is 23.6. The van der Waals surface area contributed by atoms with Gasteiger partial charge in [-0.1, -0.05) is 196 Å². The number of nitrogens with one attached hydrogen (secondary N) is 6. The molecule has 21 heteroatoms. The van der Waals surface area contributed by atoms with Crippen LogP contribution in [0.15, 0.2) is 200 Å². The molecule has 6 amide bonds. The molecule has 9 aromatic rings. The van der Waals surface area contributed by atoms with E-state index in [1.54, 1.807) is 0 Å². The van der Waals surface area contributed by atoms with Gasteiger partial charge in [0.05, 0.1) is 18.1 Å². The summed E-state index contributed by atoms with van der Waals surface area (Å²) in [5.41, 5.74) is 11.3. The molecule has 9 atom stereocenters. The van der Waals surface area contributed by atoms with Crippen molar-refractivity contribution in [3.8, 4) is 0 Å². The second-order valence-corrected chi connectivity index (χ2v) is 33.4. The molecule has 0 saturated carbocycles. The van der Waals surface area contributed by atoms with Crippen LogP contribution in [0.4, 0.5) is 0 Å². The molecule has 14 rings (SSSR count). The first-order chi connectivity index (χ1) is 55.9. The van der Waals surface area contributed by atoms with Crippen molar-refractivity contribution in [2.75, 3.05) is 105 Å². The van der Waals surface area contributed by atoms with Crippen LogP contribution < -0.4 is 37.6 Å². The van der Waals surface area contributed by atoms with Crippen molar-refractivity contribution in [3.63, 3.8) is 0 Å². The lowest BCUT2D eigenvalue weighted by Crippen LogP contribution is -2.50. The lowest BCUT2D eigenvalue weighted by atomic mass is 10.00. The summed E-state index contributed by atoms with van der Waals surface area (Å²) in [6.07, 6.45) is 12.0. The number of hydrogen-bond donors (Lipinski definition) is 7. The number of likely N-dealkylation sites (tertiary alicyclic amines) is 2. The number of amides is 6. The Bertz CT molecular complexity index is 4480. The van der Waals surface area contributed by atoms with Gasteiger partial charge in [-0.25, -0.2) is 0 Å². The van der Waals surface area contributed by atoms with E-state index in [0.29, 0.717) is 93.6 Å². The van der Waals surface area contributed by atoms with Crippen LogP contribution in [-0.4, -0.2) is 201 Å². The number of piperidine rings is 2. The van der Waals surface area contributed by atoms with Gasteiger partial charge in [0, 0.05) is 122 Å². The Hall–Kier alpha value is -8.79. The second kappa shape index (κ2) is 42.9. The van der Waals surface area contributed by atoms with Gasteiger partial charge in [-0.2, -0.15) is 0 Å². The fraction of sp³-hybridized carbons (Fsp3) is 0.426. The SMILES string of the molecule is CC(CN1CC[C@@H](CNC(=O)c2ccc3ccccc3c2)N[C@@H](CCN)C1=O)c1ccc(Cl)cc1.C[C@@H](CN1CC[C@@H](CNC(=O)c2ccc3ccccc3c2)N[C@@H](CCN2CCCCC2)C1=O)c1ccc(Cl)cc1.C[C@H](CN1CC[C@@H](CNC(=O)c2ccc3ccccc3c2)N[C@@H](CCN2CCCCC2)C1=O)c1ccc(Cl)cc1. The molecule has 8 N–H and O–H groups in total. The number of rotatable bonds is 26. The fourth-order valence-corrected chi connectivity index (χ4v) is 17.1. The standard InChI is InChI=1S/2C33H41ClN4O2.C28H33ClN4O2/c2*1-24(25-11-13-29(34)14-12-25)23-38-20-15-30(36-31(33(38)40)16-19-37-17-5-2-6-18-37)22-35-32(39)28-10-9-26-7-3-4-8-27(26)21-28;1-19(20-8-10-24(29)11-9-20)18-33-15-13-25(32-26(12-14-30)28(33)35)17-31-27(34)23-7-6-21-4-2-3-5-22(21)16-23/h2*3-4,7-14,21,24,30-31,36H,2,5-6,15-20,22-23H2,1H3,(H,35,39);2-11,16,19,25-26,32H,12-15,17-18,30H2,1H3,(H,31,34)/t24-,30+,31+;24-,30-,31-;19?,25-,26-/m100/s1. The minimum Gasteiger partial charge on any atom is -0.350 e. The molecule has 5 aliphatic heterocycles. The van der Waals surface area contributed by atoms with Gasteiger partial charge in [-0.05, 0) is 236 Å². The van der Waals surface area contributed by atoms with Crippen LogP contribution in [0, 0.1) is 0 Å². The molecule has 0 spiro atoms. The van der Waals surface area contributed by atoms with Crippen LogP contribution in [0.5, 0.6) is 0 Å². The molecule has 5 aliphatic rings. The zero-order valence-corrected chi connectivity index (χ0v) is 69.2. The van der Waals surface area contributed by atoms with Crippen molar-refractivity contribution in [2.24, 2.45) is 5.73 Å². The molecule has 0 bridgehead atoms. The van der Waals surface area contributed by atoms with E-state index < -0.39 is 0 Å². The molecule has 0 radical (unpaired) electrons. The van der Waals surface area contributed by atoms with Gasteiger partial charge in [0.25, 0.3) is 17.7 Å². The molecule has 5 heterocycles. The van der Waals surface area contributed by atoms with E-state index >= 15 is 0 Å². The van der Waals surface area contributed by atoms with E-state index in [4.69, 9.17) is 40.5 Å². The average Bonchev–Trinajstić information content (AvgIpc) is 1.65. The first kappa shape index (κ1) is 85.6. The molecular weight excluding hydrogens is 1500 g/mol. The number of benzene rings is 9. The quantitative estimate of drug-likeness (QED) is 0.0269. The molecular formula is C94H115Cl3N12O6. The Kier molecular flexibility index (Phi) is 31.9. The Labute approximate surface area is 694 Å². The number of carbonyl (C=O) groups excluding carboxylic acids is 6. The van der Waals surface area contributed by atoms with Gasteiger partial charge in [-0.3, -0.25) is 28.8 Å². The minimum absolute atomic E-state index is 0.0178. The summed E-state index contributed by atoms with van der Waals surface area (Å²) < 4.78 is 0. The van der Waals surface area contributed by atoms with Crippen molar-refractivity contribution < 1.29 is 28.8 Å². The van der Waals surface area contributed by atoms with Crippen molar-refractivity contribution in [2.45, 2.75) is 152 Å². The highest BCUT2D eigenvalue weighted by Crippen LogP contribution is 2.28. The summed E-state index contributed by atoms with van der Waals surface area (Å²) in [6, 6.07) is 64.2. The topological polar surface area (TPSA) is 217 Å². The maximum Gasteiger partial charge on any atom is 0.251 e. The van der Waals surface area contributed by atoms with E-state index in [2.05, 4.69) is 62.5 Å². The molecule has 115 heavy (non-hydrogen) atoms. The van der Waals surface area contributed by atoms with E-state index in [1.165, 1.54) is 49.7 Å². The molecule has 5 saturated heterocycles. The Balaban J connectivity index is 0.000000160. The van der Waals surface area contributed by atoms with Crippen LogP contribution in [0.25, 0.3) is 32.3 Å². The molecule has 18 nitrogen and oxygen atoms in total. The third kappa shape index (κ3) is 24.9. The zero-order valence-electron chi connectivity index (χ0n) is 66.9. The summed E-state index contributed by atoms with van der Waals surface area (Å²) in [5, 5.41) is 28.7. The summed E-state index contributed by atoms with van der Waals surface area (Å²) in [7, 11) is 0. The van der Waals surface area contributed by atoms with Gasteiger partial charge in [-0.15, -0.1) is 0 Å². The Morgan fingerprint density at radius 3 is 0.939 bits per heavy atom. The van der Waals surface area contributed by atoms with E-state index in [0.717, 1.165) is 119 Å². The summed E-state index contributed by atoms with van der Waals surface area (Å²) in [4.78, 5) is 90.8. The molecule has 0 aromatic heterocycles. The van der Waals surface area contributed by atoms with E-state index in [-0.39, 0.29) is 89.4 Å². The monoisotopic (exact) mass is 1610 g/mol. The molecule has 5 fully saturated rings. The largest absolute Gasteiger partial charge is 0.350 e. The maximum absolute atomic E-state index is 13.8. The van der Waals surface area contributed by atoms with Gasteiger partial charge in [0.2, 0.25) is 17.7 Å². The maximum atomic E-state index is 13.8. The van der Waals surface area contributed by atoms with Crippen LogP contribution in [-0.2, 0) is 14.4 Å². The van der Waals surface area contributed by atoms with Gasteiger partial charge in [0.15, 0.2) is 0 Å². The first-order valence-electron chi connectivity index (χ1n) is 41.7. The lowest BCUT2D eigenvalue weighted by molar-refractivity contribution is -0.134. The van der Waals surface area contributed by atoms with Crippen LogP contribution in [0.3, 0.4) is 0 Å². The minimum atomic E-state index is -0.359. The highest BCUT2D eigenvalue weighted by molar-refractivity contribution is 6.31. The number of hydrogen-bond acceptors (Lipinski definition) is 12. The molecule has 1 unspecified atom stereocenters. The number of nitrogens with two attached hydrogens (primary N) is 1. The highest BCUT2D eigenvalue weighted by Gasteiger charge is 2.36. The normalized spacial score (nSPS) is 20.7. The summed E-state index contributed by atoms with van der Waals surface area (Å²) in [6.45, 7) is 18.5. The first-order valence-corrected chi connectivity index (χ1v) is 42.9. The predicted octanol–water partition coefficient (Wildman–Crippen LogP) is 14.9. The zero-order chi connectivity index (χ0) is 80.6. The predicted molar refractivity (Wildman–Crippen MR) is 468 cm³/mol. The third-order valence-corrected chi connectivity index (χ3v) is 24.3. The van der Waals surface area contributed by atoms with Gasteiger partial charge >= 0.3 is 0 Å². The molecule has 0 aliphatic carbocycles. The van der Waals surface area contributed by atoms with Gasteiger partial charge < -0.3 is 62.1 Å². The van der Waals surface area contributed by atoms with Crippen LogP contribution in [0.1, 0.15) is 163 Å². The lowest BCUT2D eigenvalue weighted by Gasteiger charge is -2.30. The van der Waals surface area contributed by atoms with E-state index in [9.17, 15) is 28.8 Å². The number of nitrogens with zero attached hydrogens (tertiary/aromatic N) is 5. The summed E-state index contributed by atoms with van der Waals surface area (Å²) >= 11 is 18.2. The van der Waals surface area contributed by atoms with Crippen LogP contribution in [0.2, 0.25) is 15.1 Å². The Morgan fingerprint density at radius 2 is 0.652 bits per heavy atom. The number of fused-ring (bicyclic) bond motifs is 3. The van der Waals surface area contributed by atoms with Crippen molar-refractivity contribution in [1.29, 1.82) is 0 Å². The average molecular weight is 1620 g/mol. The molecule has 9 aromatic carbocycles. The van der Waals surface area contributed by atoms with E-state index in [1.807, 2.05) is 215 Å². The summed E-state index contributed by atoms with van der Waals surface area (Å²) in [5.74, 6) is 0.709. The second-order valence-electron chi connectivity index (χ2n) is 32.1. The van der Waals surface area contributed by atoms with Crippen LogP contribution >= 0.6 is 34.8 Å². The van der Waals surface area contributed by atoms with Gasteiger partial charge in [0.1, 0.15) is 0 Å².